The summed E-state index contributed by atoms with van der Waals surface area (Å²) in [5.41, 5.74) is 2.25. The molecule has 0 aromatic heterocycles. The average Bonchev–Trinajstić information content (AvgIpc) is 2.79. The van der Waals surface area contributed by atoms with Crippen LogP contribution in [0, 0.1) is 0 Å². The Morgan fingerprint density at radius 3 is 1.87 bits per heavy atom. The summed E-state index contributed by atoms with van der Waals surface area (Å²) < 4.78 is 11.0. The van der Waals surface area contributed by atoms with E-state index in [9.17, 15) is 0 Å². The number of hydrogen-bond donors (Lipinski definition) is 0. The van der Waals surface area contributed by atoms with E-state index in [0.29, 0.717) is 6.61 Å². The Bertz CT molecular complexity index is 692. The van der Waals surface area contributed by atoms with Gasteiger partial charge in [0.05, 0.1) is 7.11 Å². The van der Waals surface area contributed by atoms with Gasteiger partial charge in [0.15, 0.2) is 0 Å². The minimum Gasteiger partial charge on any atom is -0.497 e. The standard InChI is InChI=1S/C27H39NO2/c1-3-4-5-6-7-8-9-10-11-12-21-28-22-24-13-19-27(20-14-24)30-23-25-15-17-26(29-2)18-16-25/h13-20,22H,3-12,21,23H2,1-2H3. The molecule has 30 heavy (non-hydrogen) atoms. The summed E-state index contributed by atoms with van der Waals surface area (Å²) in [4.78, 5) is 4.57. The summed E-state index contributed by atoms with van der Waals surface area (Å²) >= 11 is 0. The van der Waals surface area contributed by atoms with Crippen LogP contribution in [-0.4, -0.2) is 19.9 Å². The third kappa shape index (κ3) is 10.5. The molecule has 0 saturated heterocycles. The Morgan fingerprint density at radius 2 is 1.27 bits per heavy atom. The van der Waals surface area contributed by atoms with Crippen LogP contribution in [0.5, 0.6) is 11.5 Å². The molecule has 0 radical (unpaired) electrons. The van der Waals surface area contributed by atoms with Gasteiger partial charge in [0.25, 0.3) is 0 Å². The molecule has 0 heterocycles. The highest BCUT2D eigenvalue weighted by molar-refractivity contribution is 5.79. The maximum absolute atomic E-state index is 5.85. The molecule has 0 saturated carbocycles. The van der Waals surface area contributed by atoms with Crippen molar-refractivity contribution in [1.29, 1.82) is 0 Å². The average molecular weight is 410 g/mol. The topological polar surface area (TPSA) is 30.8 Å². The predicted octanol–water partition coefficient (Wildman–Crippen LogP) is 7.61. The van der Waals surface area contributed by atoms with Crippen LogP contribution in [0.3, 0.4) is 0 Å². The molecule has 0 aliphatic heterocycles. The molecule has 3 nitrogen and oxygen atoms in total. The van der Waals surface area contributed by atoms with E-state index in [0.717, 1.165) is 29.2 Å². The number of ether oxygens (including phenoxy) is 2. The fraction of sp³-hybridized carbons (Fsp3) is 0.519. The van der Waals surface area contributed by atoms with E-state index in [1.54, 1.807) is 7.11 Å². The lowest BCUT2D eigenvalue weighted by molar-refractivity contribution is 0.306. The van der Waals surface area contributed by atoms with E-state index < -0.39 is 0 Å². The molecular formula is C27H39NO2. The first-order valence-electron chi connectivity index (χ1n) is 11.7. The third-order valence-electron chi connectivity index (χ3n) is 5.33. The van der Waals surface area contributed by atoms with Gasteiger partial charge in [0.1, 0.15) is 18.1 Å². The van der Waals surface area contributed by atoms with Gasteiger partial charge in [-0.15, -0.1) is 0 Å². The highest BCUT2D eigenvalue weighted by atomic mass is 16.5. The second-order valence-corrected chi connectivity index (χ2v) is 7.92. The molecule has 2 aromatic rings. The Hall–Kier alpha value is -2.29. The largest absolute Gasteiger partial charge is 0.497 e. The minimum absolute atomic E-state index is 0.552. The molecule has 3 heteroatoms. The SMILES string of the molecule is CCCCCCCCCCCCN=Cc1ccc(OCc2ccc(OC)cc2)cc1. The van der Waals surface area contributed by atoms with Crippen molar-refractivity contribution in [3.8, 4) is 11.5 Å². The normalized spacial score (nSPS) is 11.1. The molecule has 164 valence electrons. The zero-order valence-corrected chi connectivity index (χ0v) is 18.9. The van der Waals surface area contributed by atoms with Crippen molar-refractivity contribution in [3.05, 3.63) is 59.7 Å². The lowest BCUT2D eigenvalue weighted by Gasteiger charge is -2.07. The lowest BCUT2D eigenvalue weighted by atomic mass is 10.1. The number of aliphatic imine (C=N–C) groups is 1. The van der Waals surface area contributed by atoms with Crippen LogP contribution in [-0.2, 0) is 6.61 Å². The summed E-state index contributed by atoms with van der Waals surface area (Å²) in [6, 6.07) is 16.1. The molecule has 0 N–H and O–H groups in total. The zero-order valence-electron chi connectivity index (χ0n) is 18.9. The molecule has 2 aromatic carbocycles. The maximum Gasteiger partial charge on any atom is 0.119 e. The van der Waals surface area contributed by atoms with Gasteiger partial charge in [-0.1, -0.05) is 76.8 Å². The highest BCUT2D eigenvalue weighted by Gasteiger charge is 1.98. The van der Waals surface area contributed by atoms with E-state index in [-0.39, 0.29) is 0 Å². The van der Waals surface area contributed by atoms with E-state index in [2.05, 4.69) is 24.0 Å². The van der Waals surface area contributed by atoms with Gasteiger partial charge in [-0.25, -0.2) is 0 Å². The van der Waals surface area contributed by atoms with Gasteiger partial charge >= 0.3 is 0 Å². The van der Waals surface area contributed by atoms with Crippen molar-refractivity contribution in [1.82, 2.24) is 0 Å². The van der Waals surface area contributed by atoms with Crippen LogP contribution in [0.1, 0.15) is 82.3 Å². The van der Waals surface area contributed by atoms with Gasteiger partial charge in [0, 0.05) is 12.8 Å². The third-order valence-corrected chi connectivity index (χ3v) is 5.33. The molecule has 0 atom stereocenters. The van der Waals surface area contributed by atoms with Gasteiger partial charge < -0.3 is 9.47 Å². The molecule has 0 aliphatic rings. The van der Waals surface area contributed by atoms with Crippen molar-refractivity contribution >= 4 is 6.21 Å². The molecular weight excluding hydrogens is 370 g/mol. The second kappa shape index (κ2) is 15.5. The number of rotatable bonds is 16. The first-order valence-corrected chi connectivity index (χ1v) is 11.7. The molecule has 0 unspecified atom stereocenters. The monoisotopic (exact) mass is 409 g/mol. The molecule has 0 bridgehead atoms. The number of hydrogen-bond acceptors (Lipinski definition) is 3. The van der Waals surface area contributed by atoms with Gasteiger partial charge in [-0.05, 0) is 53.9 Å². The highest BCUT2D eigenvalue weighted by Crippen LogP contribution is 2.16. The zero-order chi connectivity index (χ0) is 21.3. The van der Waals surface area contributed by atoms with Gasteiger partial charge in [0.2, 0.25) is 0 Å². The van der Waals surface area contributed by atoms with Crippen LogP contribution in [0.25, 0.3) is 0 Å². The minimum atomic E-state index is 0.552. The molecule has 2 rings (SSSR count). The van der Waals surface area contributed by atoms with Crippen LogP contribution in [0.2, 0.25) is 0 Å². The Morgan fingerprint density at radius 1 is 0.700 bits per heavy atom. The Labute approximate surface area is 183 Å². The first-order chi connectivity index (χ1) is 14.8. The lowest BCUT2D eigenvalue weighted by Crippen LogP contribution is -1.95. The van der Waals surface area contributed by atoms with Crippen LogP contribution >= 0.6 is 0 Å². The van der Waals surface area contributed by atoms with E-state index >= 15 is 0 Å². The van der Waals surface area contributed by atoms with Crippen LogP contribution in [0.15, 0.2) is 53.5 Å². The quantitative estimate of drug-likeness (QED) is 0.211. The molecule has 0 aliphatic carbocycles. The summed E-state index contributed by atoms with van der Waals surface area (Å²) in [7, 11) is 1.67. The van der Waals surface area contributed by atoms with Crippen LogP contribution in [0.4, 0.5) is 0 Å². The number of unbranched alkanes of at least 4 members (excludes halogenated alkanes) is 9. The van der Waals surface area contributed by atoms with Crippen LogP contribution < -0.4 is 9.47 Å². The predicted molar refractivity (Wildman–Crippen MR) is 128 cm³/mol. The summed E-state index contributed by atoms with van der Waals surface area (Å²) in [5.74, 6) is 1.73. The van der Waals surface area contributed by atoms with E-state index in [1.165, 1.54) is 64.2 Å². The summed E-state index contributed by atoms with van der Waals surface area (Å²) in [6.07, 6.45) is 15.6. The molecule has 0 spiro atoms. The van der Waals surface area contributed by atoms with Crippen molar-refractivity contribution in [2.45, 2.75) is 77.7 Å². The Balaban J connectivity index is 1.54. The first kappa shape index (κ1) is 24.0. The molecule has 0 amide bonds. The maximum atomic E-state index is 5.85. The number of methoxy groups -OCH3 is 1. The van der Waals surface area contributed by atoms with Gasteiger partial charge in [-0.2, -0.15) is 0 Å². The van der Waals surface area contributed by atoms with E-state index in [1.807, 2.05) is 42.6 Å². The fourth-order valence-corrected chi connectivity index (χ4v) is 3.40. The van der Waals surface area contributed by atoms with Crippen molar-refractivity contribution in [2.24, 2.45) is 4.99 Å². The molecule has 0 fully saturated rings. The van der Waals surface area contributed by atoms with Crippen molar-refractivity contribution in [2.75, 3.05) is 13.7 Å². The number of benzene rings is 2. The number of nitrogens with zero attached hydrogens (tertiary/aromatic N) is 1. The van der Waals surface area contributed by atoms with Crippen molar-refractivity contribution < 1.29 is 9.47 Å². The Kier molecular flexibility index (Phi) is 12.4. The summed E-state index contributed by atoms with van der Waals surface area (Å²) in [5, 5.41) is 0. The summed E-state index contributed by atoms with van der Waals surface area (Å²) in [6.45, 7) is 3.75. The van der Waals surface area contributed by atoms with Crippen molar-refractivity contribution in [3.63, 3.8) is 0 Å². The second-order valence-electron chi connectivity index (χ2n) is 7.92. The van der Waals surface area contributed by atoms with E-state index in [4.69, 9.17) is 9.47 Å². The fourth-order valence-electron chi connectivity index (χ4n) is 3.40. The smallest absolute Gasteiger partial charge is 0.119 e. The van der Waals surface area contributed by atoms with Gasteiger partial charge in [-0.3, -0.25) is 4.99 Å².